The van der Waals surface area contributed by atoms with Gasteiger partial charge in [0.1, 0.15) is 16.5 Å². The number of halogens is 3. The van der Waals surface area contributed by atoms with Crippen LogP contribution >= 0.6 is 35.2 Å². The van der Waals surface area contributed by atoms with E-state index in [0.717, 1.165) is 16.8 Å². The molecular formula is C17H11ClF2N2O2S2. The van der Waals surface area contributed by atoms with E-state index in [4.69, 9.17) is 28.6 Å². The van der Waals surface area contributed by atoms with Crippen LogP contribution in [0.3, 0.4) is 0 Å². The van der Waals surface area contributed by atoms with Crippen molar-refractivity contribution in [2.45, 2.75) is 0 Å². The van der Waals surface area contributed by atoms with Crippen molar-refractivity contribution in [1.82, 2.24) is 0 Å². The van der Waals surface area contributed by atoms with Gasteiger partial charge in [0.15, 0.2) is 5.11 Å². The Balaban J connectivity index is 1.80. The molecule has 1 aromatic heterocycles. The first-order valence-corrected chi connectivity index (χ1v) is 8.82. The fourth-order valence-corrected chi connectivity index (χ4v) is 3.94. The minimum atomic E-state index is -0.752. The van der Waals surface area contributed by atoms with Crippen molar-refractivity contribution in [3.8, 4) is 0 Å². The Kier molecular flexibility index (Phi) is 5.36. The van der Waals surface area contributed by atoms with E-state index in [0.29, 0.717) is 21.0 Å². The summed E-state index contributed by atoms with van der Waals surface area (Å²) >= 11 is 12.5. The van der Waals surface area contributed by atoms with Crippen molar-refractivity contribution >= 4 is 67.7 Å². The molecule has 0 amide bonds. The Labute approximate surface area is 161 Å². The summed E-state index contributed by atoms with van der Waals surface area (Å²) in [5.74, 6) is -1.93. The first-order valence-electron chi connectivity index (χ1n) is 7.22. The quantitative estimate of drug-likeness (QED) is 0.444. The van der Waals surface area contributed by atoms with Crippen LogP contribution in [0.4, 0.5) is 20.2 Å². The lowest BCUT2D eigenvalue weighted by atomic mass is 10.2. The molecule has 0 aliphatic heterocycles. The molecule has 26 heavy (non-hydrogen) atoms. The summed E-state index contributed by atoms with van der Waals surface area (Å²) in [7, 11) is 1.29. The first kappa shape index (κ1) is 18.5. The maximum absolute atomic E-state index is 13.7. The molecule has 3 aromatic rings. The van der Waals surface area contributed by atoms with Gasteiger partial charge in [-0.05, 0) is 42.5 Å². The van der Waals surface area contributed by atoms with Crippen molar-refractivity contribution in [1.29, 1.82) is 0 Å². The molecule has 9 heteroatoms. The molecule has 3 rings (SSSR count). The number of carbonyl (C=O) groups is 1. The molecule has 0 saturated heterocycles. The molecule has 0 bridgehead atoms. The number of anilines is 2. The van der Waals surface area contributed by atoms with Gasteiger partial charge in [-0.25, -0.2) is 13.6 Å². The Morgan fingerprint density at radius 2 is 1.96 bits per heavy atom. The second kappa shape index (κ2) is 7.53. The molecule has 2 aromatic carbocycles. The number of carbonyl (C=O) groups excluding carboxylic acids is 1. The number of fused-ring (bicyclic) bond motifs is 1. The molecule has 0 atom stereocenters. The van der Waals surface area contributed by atoms with E-state index in [1.165, 1.54) is 24.5 Å². The maximum Gasteiger partial charge on any atom is 0.349 e. The zero-order valence-corrected chi connectivity index (χ0v) is 15.6. The van der Waals surface area contributed by atoms with Gasteiger partial charge >= 0.3 is 5.97 Å². The lowest BCUT2D eigenvalue weighted by molar-refractivity contribution is 0.0606. The molecule has 134 valence electrons. The summed E-state index contributed by atoms with van der Waals surface area (Å²) < 4.78 is 32.1. The third-order valence-corrected chi connectivity index (χ3v) is 5.28. The van der Waals surface area contributed by atoms with Crippen LogP contribution in [0.15, 0.2) is 36.4 Å². The van der Waals surface area contributed by atoms with Crippen molar-refractivity contribution < 1.29 is 18.3 Å². The van der Waals surface area contributed by atoms with Gasteiger partial charge in [-0.1, -0.05) is 11.6 Å². The van der Waals surface area contributed by atoms with Gasteiger partial charge in [0, 0.05) is 21.8 Å². The smallest absolute Gasteiger partial charge is 0.349 e. The second-order valence-corrected chi connectivity index (χ2v) is 6.99. The van der Waals surface area contributed by atoms with Crippen LogP contribution in [0.2, 0.25) is 5.02 Å². The topological polar surface area (TPSA) is 50.4 Å². The fraction of sp³-hybridized carbons (Fsp3) is 0.0588. The van der Waals surface area contributed by atoms with Gasteiger partial charge in [0.2, 0.25) is 0 Å². The van der Waals surface area contributed by atoms with Crippen molar-refractivity contribution in [3.05, 3.63) is 57.9 Å². The van der Waals surface area contributed by atoms with Gasteiger partial charge in [-0.3, -0.25) is 0 Å². The predicted molar refractivity (Wildman–Crippen MR) is 104 cm³/mol. The lowest BCUT2D eigenvalue weighted by Gasteiger charge is -2.11. The SMILES string of the molecule is COC(=O)c1sc2cc(NC(=S)Nc3ccc(F)cc3F)ccc2c1Cl. The number of rotatable bonds is 3. The number of methoxy groups -OCH3 is 1. The molecule has 2 N–H and O–H groups in total. The van der Waals surface area contributed by atoms with E-state index < -0.39 is 17.6 Å². The molecule has 0 aliphatic carbocycles. The minimum absolute atomic E-state index is 0.0529. The zero-order chi connectivity index (χ0) is 18.8. The number of thiophene rings is 1. The third kappa shape index (κ3) is 3.77. The van der Waals surface area contributed by atoms with Crippen molar-refractivity contribution in [2.75, 3.05) is 17.7 Å². The molecule has 0 saturated carbocycles. The van der Waals surface area contributed by atoms with Gasteiger partial charge < -0.3 is 15.4 Å². The average Bonchev–Trinajstić information content (AvgIpc) is 2.93. The molecule has 0 aliphatic rings. The van der Waals surface area contributed by atoms with Crippen LogP contribution in [0.25, 0.3) is 10.1 Å². The van der Waals surface area contributed by atoms with Crippen molar-refractivity contribution in [2.24, 2.45) is 0 Å². The van der Waals surface area contributed by atoms with Crippen LogP contribution < -0.4 is 10.6 Å². The van der Waals surface area contributed by atoms with E-state index in [9.17, 15) is 13.6 Å². The van der Waals surface area contributed by atoms with Crippen LogP contribution in [0, 0.1) is 11.6 Å². The number of ether oxygens (including phenoxy) is 1. The van der Waals surface area contributed by atoms with E-state index in [-0.39, 0.29) is 10.8 Å². The number of benzene rings is 2. The molecule has 0 spiro atoms. The Morgan fingerprint density at radius 3 is 2.65 bits per heavy atom. The Hall–Kier alpha value is -2.29. The minimum Gasteiger partial charge on any atom is -0.465 e. The highest BCUT2D eigenvalue weighted by Gasteiger charge is 2.18. The average molecular weight is 413 g/mol. The summed E-state index contributed by atoms with van der Waals surface area (Å²) in [5, 5.41) is 6.74. The lowest BCUT2D eigenvalue weighted by Crippen LogP contribution is -2.19. The highest BCUT2D eigenvalue weighted by molar-refractivity contribution is 7.80. The highest BCUT2D eigenvalue weighted by atomic mass is 35.5. The van der Waals surface area contributed by atoms with Crippen LogP contribution in [0.1, 0.15) is 9.67 Å². The number of hydrogen-bond acceptors (Lipinski definition) is 4. The molecule has 4 nitrogen and oxygen atoms in total. The number of esters is 1. The highest BCUT2D eigenvalue weighted by Crippen LogP contribution is 2.37. The molecule has 0 fully saturated rings. The largest absolute Gasteiger partial charge is 0.465 e. The van der Waals surface area contributed by atoms with Crippen LogP contribution in [0.5, 0.6) is 0 Å². The molecule has 0 unspecified atom stereocenters. The van der Waals surface area contributed by atoms with Crippen molar-refractivity contribution in [3.63, 3.8) is 0 Å². The number of hydrogen-bond donors (Lipinski definition) is 2. The van der Waals surface area contributed by atoms with Crippen LogP contribution in [-0.4, -0.2) is 18.2 Å². The van der Waals surface area contributed by atoms with Gasteiger partial charge in [-0.15, -0.1) is 11.3 Å². The summed E-state index contributed by atoms with van der Waals surface area (Å²) in [6, 6.07) is 8.36. The van der Waals surface area contributed by atoms with E-state index >= 15 is 0 Å². The van der Waals surface area contributed by atoms with E-state index in [2.05, 4.69) is 10.6 Å². The molecule has 0 radical (unpaired) electrons. The Bertz CT molecular complexity index is 1020. The summed E-state index contributed by atoms with van der Waals surface area (Å²) in [5.41, 5.74) is 0.670. The first-order chi connectivity index (χ1) is 12.4. The van der Waals surface area contributed by atoms with Gasteiger partial charge in [-0.2, -0.15) is 0 Å². The molecule has 1 heterocycles. The van der Waals surface area contributed by atoms with E-state index in [1.807, 2.05) is 0 Å². The second-order valence-electron chi connectivity index (χ2n) is 5.15. The normalized spacial score (nSPS) is 10.6. The standard InChI is InChI=1S/C17H11ClF2N2O2S2/c1-24-16(23)15-14(18)10-4-3-9(7-13(10)26-15)21-17(25)22-12-5-2-8(19)6-11(12)20/h2-7H,1H3,(H2,21,22,25). The number of thiocarbonyl (C=S) groups is 1. The van der Waals surface area contributed by atoms with E-state index in [1.54, 1.807) is 18.2 Å². The maximum atomic E-state index is 13.7. The monoisotopic (exact) mass is 412 g/mol. The Morgan fingerprint density at radius 1 is 1.19 bits per heavy atom. The van der Waals surface area contributed by atoms with Gasteiger partial charge in [0.05, 0.1) is 17.8 Å². The van der Waals surface area contributed by atoms with Gasteiger partial charge in [0.25, 0.3) is 0 Å². The number of nitrogens with one attached hydrogen (secondary N) is 2. The third-order valence-electron chi connectivity index (χ3n) is 3.44. The zero-order valence-electron chi connectivity index (χ0n) is 13.2. The molecular weight excluding hydrogens is 402 g/mol. The summed E-state index contributed by atoms with van der Waals surface area (Å²) in [6.07, 6.45) is 0. The summed E-state index contributed by atoms with van der Waals surface area (Å²) in [6.45, 7) is 0. The summed E-state index contributed by atoms with van der Waals surface area (Å²) in [4.78, 5) is 12.0. The predicted octanol–water partition coefficient (Wildman–Crippen LogP) is 5.43. The fourth-order valence-electron chi connectivity index (χ4n) is 2.24. The van der Waals surface area contributed by atoms with Crippen LogP contribution in [-0.2, 0) is 4.74 Å².